The van der Waals surface area contributed by atoms with Crippen LogP contribution >= 0.6 is 0 Å². The number of nitrogens with two attached hydrogens (primary N) is 2. The lowest BCUT2D eigenvalue weighted by atomic mass is 10.1. The van der Waals surface area contributed by atoms with E-state index in [1.54, 1.807) is 0 Å². The number of ether oxygens (including phenoxy) is 1. The molecule has 0 aliphatic carbocycles. The molecule has 108 valence electrons. The lowest BCUT2D eigenvalue weighted by Gasteiger charge is -2.13. The van der Waals surface area contributed by atoms with E-state index in [2.05, 4.69) is 5.32 Å². The molecule has 2 atom stereocenters. The molecule has 1 heterocycles. The van der Waals surface area contributed by atoms with E-state index < -0.39 is 17.8 Å². The molecule has 2 rings (SSSR count). The predicted octanol–water partition coefficient (Wildman–Crippen LogP) is 0.369. The van der Waals surface area contributed by atoms with Crippen LogP contribution in [0.4, 0.5) is 10.1 Å². The number of amides is 2. The molecule has 1 aliphatic rings. The Hall–Kier alpha value is -1.99. The molecular formula is C13H16FN3O3. The van der Waals surface area contributed by atoms with Crippen molar-refractivity contribution in [3.63, 3.8) is 0 Å². The van der Waals surface area contributed by atoms with Crippen molar-refractivity contribution in [2.75, 3.05) is 11.9 Å². The third kappa shape index (κ3) is 3.12. The van der Waals surface area contributed by atoms with Crippen molar-refractivity contribution in [2.24, 2.45) is 11.5 Å². The fourth-order valence-electron chi connectivity index (χ4n) is 2.09. The highest BCUT2D eigenvalue weighted by Crippen LogP contribution is 2.21. The van der Waals surface area contributed by atoms with Crippen LogP contribution in [0.3, 0.4) is 0 Å². The van der Waals surface area contributed by atoms with Crippen LogP contribution in [-0.2, 0) is 9.53 Å². The first-order valence-electron chi connectivity index (χ1n) is 6.27. The van der Waals surface area contributed by atoms with Gasteiger partial charge >= 0.3 is 0 Å². The van der Waals surface area contributed by atoms with Crippen LogP contribution < -0.4 is 16.8 Å². The zero-order valence-electron chi connectivity index (χ0n) is 10.8. The van der Waals surface area contributed by atoms with E-state index in [-0.39, 0.29) is 17.6 Å². The molecule has 1 saturated heterocycles. The average molecular weight is 281 g/mol. The first-order chi connectivity index (χ1) is 9.51. The van der Waals surface area contributed by atoms with E-state index in [1.807, 2.05) is 0 Å². The summed E-state index contributed by atoms with van der Waals surface area (Å²) in [6.45, 7) is 0.367. The van der Waals surface area contributed by atoms with Crippen LogP contribution in [-0.4, -0.2) is 30.6 Å². The quantitative estimate of drug-likeness (QED) is 0.741. The van der Waals surface area contributed by atoms with E-state index in [9.17, 15) is 14.0 Å². The van der Waals surface area contributed by atoms with Gasteiger partial charge in [-0.15, -0.1) is 0 Å². The molecule has 0 aromatic heterocycles. The zero-order chi connectivity index (χ0) is 14.7. The number of rotatable bonds is 4. The molecule has 20 heavy (non-hydrogen) atoms. The van der Waals surface area contributed by atoms with Crippen molar-refractivity contribution in [3.05, 3.63) is 29.6 Å². The Morgan fingerprint density at radius 1 is 1.40 bits per heavy atom. The fraction of sp³-hybridized carbons (Fsp3) is 0.385. The minimum Gasteiger partial charge on any atom is -0.366 e. The number of hydrogen-bond acceptors (Lipinski definition) is 4. The Morgan fingerprint density at radius 3 is 2.75 bits per heavy atom. The number of benzene rings is 1. The fourth-order valence-corrected chi connectivity index (χ4v) is 2.09. The summed E-state index contributed by atoms with van der Waals surface area (Å²) in [6, 6.07) is 3.63. The Balaban J connectivity index is 2.05. The number of nitrogens with one attached hydrogen (secondary N) is 1. The third-order valence-corrected chi connectivity index (χ3v) is 3.16. The van der Waals surface area contributed by atoms with Gasteiger partial charge in [-0.25, -0.2) is 4.39 Å². The summed E-state index contributed by atoms with van der Waals surface area (Å²) in [5, 5.41) is 2.57. The predicted molar refractivity (Wildman–Crippen MR) is 70.5 cm³/mol. The van der Waals surface area contributed by atoms with Crippen LogP contribution in [0.15, 0.2) is 18.2 Å². The van der Waals surface area contributed by atoms with Gasteiger partial charge in [-0.3, -0.25) is 9.59 Å². The Bertz CT molecular complexity index is 536. The van der Waals surface area contributed by atoms with E-state index >= 15 is 0 Å². The molecule has 1 aromatic carbocycles. The number of primary amides is 1. The van der Waals surface area contributed by atoms with Crippen molar-refractivity contribution in [1.29, 1.82) is 0 Å². The van der Waals surface area contributed by atoms with Gasteiger partial charge in [0.2, 0.25) is 0 Å². The Labute approximate surface area is 115 Å². The normalized spacial score (nSPS) is 21.7. The second-order valence-electron chi connectivity index (χ2n) is 4.61. The molecule has 0 spiro atoms. The third-order valence-electron chi connectivity index (χ3n) is 3.16. The van der Waals surface area contributed by atoms with Gasteiger partial charge in [0.05, 0.1) is 11.7 Å². The van der Waals surface area contributed by atoms with Gasteiger partial charge in [-0.1, -0.05) is 0 Å². The first-order valence-corrected chi connectivity index (χ1v) is 6.27. The molecule has 1 aliphatic heterocycles. The molecule has 1 aromatic rings. The van der Waals surface area contributed by atoms with Crippen LogP contribution in [0, 0.1) is 5.82 Å². The van der Waals surface area contributed by atoms with Crippen molar-refractivity contribution < 1.29 is 18.7 Å². The van der Waals surface area contributed by atoms with Crippen molar-refractivity contribution in [3.8, 4) is 0 Å². The van der Waals surface area contributed by atoms with Crippen LogP contribution in [0.1, 0.15) is 23.2 Å². The van der Waals surface area contributed by atoms with Gasteiger partial charge in [0.1, 0.15) is 11.9 Å². The molecule has 7 heteroatoms. The second-order valence-corrected chi connectivity index (χ2v) is 4.61. The van der Waals surface area contributed by atoms with Crippen molar-refractivity contribution in [2.45, 2.75) is 25.0 Å². The second kappa shape index (κ2) is 5.98. The van der Waals surface area contributed by atoms with Gasteiger partial charge in [-0.2, -0.15) is 0 Å². The number of halogens is 1. The van der Waals surface area contributed by atoms with E-state index in [0.717, 1.165) is 12.5 Å². The highest BCUT2D eigenvalue weighted by Gasteiger charge is 2.29. The Kier molecular flexibility index (Phi) is 4.31. The van der Waals surface area contributed by atoms with E-state index in [0.29, 0.717) is 18.7 Å². The molecule has 5 N–H and O–H groups in total. The Morgan fingerprint density at radius 2 is 2.15 bits per heavy atom. The summed E-state index contributed by atoms with van der Waals surface area (Å²) < 4.78 is 18.7. The van der Waals surface area contributed by atoms with E-state index in [1.165, 1.54) is 12.1 Å². The lowest BCUT2D eigenvalue weighted by Crippen LogP contribution is -2.30. The smallest absolute Gasteiger partial charge is 0.253 e. The largest absolute Gasteiger partial charge is 0.366 e. The maximum absolute atomic E-state index is 13.3. The lowest BCUT2D eigenvalue weighted by molar-refractivity contribution is -0.126. The SMILES string of the molecule is NCC1CCC(C(=O)Nc2ccc(F)c(C(N)=O)c2)O1. The van der Waals surface area contributed by atoms with Crippen LogP contribution in [0.25, 0.3) is 0 Å². The van der Waals surface area contributed by atoms with Gasteiger partial charge in [0.15, 0.2) is 0 Å². The van der Waals surface area contributed by atoms with Gasteiger partial charge in [0.25, 0.3) is 11.8 Å². The molecule has 0 radical (unpaired) electrons. The van der Waals surface area contributed by atoms with Crippen molar-refractivity contribution >= 4 is 17.5 Å². The minimum absolute atomic E-state index is 0.111. The zero-order valence-corrected chi connectivity index (χ0v) is 10.8. The minimum atomic E-state index is -0.890. The topological polar surface area (TPSA) is 107 Å². The highest BCUT2D eigenvalue weighted by molar-refractivity contribution is 5.97. The molecule has 1 fully saturated rings. The van der Waals surface area contributed by atoms with Gasteiger partial charge < -0.3 is 21.5 Å². The maximum Gasteiger partial charge on any atom is 0.253 e. The van der Waals surface area contributed by atoms with Crippen LogP contribution in [0.5, 0.6) is 0 Å². The molecule has 0 bridgehead atoms. The van der Waals surface area contributed by atoms with Crippen molar-refractivity contribution in [1.82, 2.24) is 0 Å². The summed E-state index contributed by atoms with van der Waals surface area (Å²) in [5.41, 5.74) is 10.5. The number of hydrogen-bond donors (Lipinski definition) is 3. The van der Waals surface area contributed by atoms with Gasteiger partial charge in [-0.05, 0) is 31.0 Å². The van der Waals surface area contributed by atoms with E-state index in [4.69, 9.17) is 16.2 Å². The molecule has 0 saturated carbocycles. The monoisotopic (exact) mass is 281 g/mol. The molecule has 2 unspecified atom stereocenters. The highest BCUT2D eigenvalue weighted by atomic mass is 19.1. The summed E-state index contributed by atoms with van der Waals surface area (Å²) in [4.78, 5) is 23.0. The number of anilines is 1. The van der Waals surface area contributed by atoms with Crippen LogP contribution in [0.2, 0.25) is 0 Å². The first kappa shape index (κ1) is 14.4. The molecular weight excluding hydrogens is 265 g/mol. The summed E-state index contributed by atoms with van der Waals surface area (Å²) >= 11 is 0. The standard InChI is InChI=1S/C13H16FN3O3/c14-10-3-1-7(5-9(10)12(16)18)17-13(19)11-4-2-8(6-15)20-11/h1,3,5,8,11H,2,4,6,15H2,(H2,16,18)(H,17,19). The maximum atomic E-state index is 13.3. The summed E-state index contributed by atoms with van der Waals surface area (Å²) in [5.74, 6) is -1.96. The summed E-state index contributed by atoms with van der Waals surface area (Å²) in [7, 11) is 0. The van der Waals surface area contributed by atoms with Gasteiger partial charge in [0, 0.05) is 12.2 Å². The summed E-state index contributed by atoms with van der Waals surface area (Å²) in [6.07, 6.45) is 0.619. The number of carbonyl (C=O) groups excluding carboxylic acids is 2. The average Bonchev–Trinajstić information content (AvgIpc) is 2.89. The molecule has 6 nitrogen and oxygen atoms in total. The number of carbonyl (C=O) groups is 2. The molecule has 2 amide bonds.